The van der Waals surface area contributed by atoms with Crippen LogP contribution in [0.4, 0.5) is 5.82 Å². The highest BCUT2D eigenvalue weighted by atomic mass is 32.2. The molecule has 0 amide bonds. The summed E-state index contributed by atoms with van der Waals surface area (Å²) in [4.78, 5) is 11.5. The fourth-order valence-corrected chi connectivity index (χ4v) is 5.35. The molecule has 27 heavy (non-hydrogen) atoms. The minimum Gasteiger partial charge on any atom is -0.325 e. The molecular formula is C19H27N5O2S+2. The van der Waals surface area contributed by atoms with Gasteiger partial charge < -0.3 is 4.90 Å². The zero-order valence-electron chi connectivity index (χ0n) is 15.5. The van der Waals surface area contributed by atoms with Crippen molar-refractivity contribution in [1.82, 2.24) is 9.29 Å². The fraction of sp³-hybridized carbons (Fsp3) is 0.474. The first-order chi connectivity index (χ1) is 13.1. The van der Waals surface area contributed by atoms with Crippen molar-refractivity contribution in [3.8, 4) is 0 Å². The lowest BCUT2D eigenvalue weighted by Gasteiger charge is -2.28. The number of aromatic amines is 1. The van der Waals surface area contributed by atoms with Crippen LogP contribution in [0.3, 0.4) is 0 Å². The Balaban J connectivity index is 1.36. The molecule has 2 saturated heterocycles. The summed E-state index contributed by atoms with van der Waals surface area (Å²) >= 11 is 0. The number of aromatic nitrogens is 2. The average Bonchev–Trinajstić information content (AvgIpc) is 3.25. The van der Waals surface area contributed by atoms with Gasteiger partial charge in [-0.25, -0.2) is 13.4 Å². The molecule has 0 radical (unpaired) electrons. The highest BCUT2D eigenvalue weighted by Gasteiger charge is 2.30. The van der Waals surface area contributed by atoms with Crippen LogP contribution in [-0.4, -0.2) is 57.0 Å². The Bertz CT molecular complexity index is 843. The summed E-state index contributed by atoms with van der Waals surface area (Å²) in [7, 11) is -3.36. The molecule has 0 unspecified atom stereocenters. The SMILES string of the molecule is O=S(=O)(c1ccc(N2CC[NH+](Cc3ccncc3)CC2)[nH+]c1)N1CCCC1. The van der Waals surface area contributed by atoms with E-state index in [1.54, 1.807) is 21.5 Å². The van der Waals surface area contributed by atoms with E-state index in [2.05, 4.69) is 27.0 Å². The molecule has 144 valence electrons. The maximum absolute atomic E-state index is 12.6. The fourth-order valence-electron chi connectivity index (χ4n) is 3.87. The number of nitrogens with zero attached hydrogens (tertiary/aromatic N) is 3. The molecule has 2 N–H and O–H groups in total. The van der Waals surface area contributed by atoms with E-state index in [1.807, 2.05) is 18.5 Å². The van der Waals surface area contributed by atoms with Crippen LogP contribution in [0.2, 0.25) is 0 Å². The molecule has 0 saturated carbocycles. The van der Waals surface area contributed by atoms with Gasteiger partial charge in [0, 0.05) is 37.1 Å². The second-order valence-electron chi connectivity index (χ2n) is 7.29. The summed E-state index contributed by atoms with van der Waals surface area (Å²) in [6.07, 6.45) is 7.23. The Kier molecular flexibility index (Phi) is 5.38. The summed E-state index contributed by atoms with van der Waals surface area (Å²) < 4.78 is 26.8. The van der Waals surface area contributed by atoms with Gasteiger partial charge in [0.2, 0.25) is 10.0 Å². The van der Waals surface area contributed by atoms with Crippen LogP contribution in [0, 0.1) is 0 Å². The number of sulfonamides is 1. The monoisotopic (exact) mass is 389 g/mol. The predicted molar refractivity (Wildman–Crippen MR) is 102 cm³/mol. The summed E-state index contributed by atoms with van der Waals surface area (Å²) in [6.45, 7) is 6.31. The smallest absolute Gasteiger partial charge is 0.274 e. The Labute approximate surface area is 160 Å². The number of hydrogen-bond acceptors (Lipinski definition) is 4. The molecule has 0 spiro atoms. The summed E-state index contributed by atoms with van der Waals surface area (Å²) in [5.74, 6) is 0.985. The zero-order chi connectivity index (χ0) is 18.7. The van der Waals surface area contributed by atoms with E-state index in [1.165, 1.54) is 5.56 Å². The lowest BCUT2D eigenvalue weighted by Crippen LogP contribution is -3.13. The van der Waals surface area contributed by atoms with Gasteiger partial charge in [-0.3, -0.25) is 9.88 Å². The molecule has 2 aromatic heterocycles. The normalized spacial score (nSPS) is 19.5. The molecule has 0 atom stereocenters. The van der Waals surface area contributed by atoms with Crippen LogP contribution in [-0.2, 0) is 16.6 Å². The van der Waals surface area contributed by atoms with Gasteiger partial charge in [-0.05, 0) is 31.0 Å². The number of nitrogens with one attached hydrogen (secondary N) is 2. The molecule has 4 rings (SSSR count). The second kappa shape index (κ2) is 7.92. The second-order valence-corrected chi connectivity index (χ2v) is 9.23. The van der Waals surface area contributed by atoms with Crippen LogP contribution >= 0.6 is 0 Å². The Morgan fingerprint density at radius 3 is 2.33 bits per heavy atom. The zero-order valence-corrected chi connectivity index (χ0v) is 16.3. The number of quaternary nitrogens is 1. The van der Waals surface area contributed by atoms with Crippen molar-refractivity contribution in [3.05, 3.63) is 48.4 Å². The standard InChI is InChI=1S/C19H25N5O2S/c25-27(26,24-9-1-2-10-24)18-3-4-19(21-15-18)23-13-11-22(12-14-23)16-17-5-7-20-8-6-17/h3-8,15H,1-2,9-14,16H2/p+2. The minimum atomic E-state index is -3.36. The quantitative estimate of drug-likeness (QED) is 0.754. The number of hydrogen-bond donors (Lipinski definition) is 1. The van der Waals surface area contributed by atoms with E-state index >= 15 is 0 Å². The Hall–Kier alpha value is -2.03. The van der Waals surface area contributed by atoms with Crippen molar-refractivity contribution in [1.29, 1.82) is 0 Å². The summed E-state index contributed by atoms with van der Waals surface area (Å²) in [6, 6.07) is 7.78. The molecule has 2 fully saturated rings. The van der Waals surface area contributed by atoms with Crippen molar-refractivity contribution in [3.63, 3.8) is 0 Å². The molecule has 2 aromatic rings. The Morgan fingerprint density at radius 1 is 1.00 bits per heavy atom. The van der Waals surface area contributed by atoms with E-state index in [9.17, 15) is 8.42 Å². The lowest BCUT2D eigenvalue weighted by molar-refractivity contribution is -0.914. The van der Waals surface area contributed by atoms with Gasteiger partial charge in [-0.2, -0.15) is 4.31 Å². The van der Waals surface area contributed by atoms with Crippen LogP contribution in [0.15, 0.2) is 47.8 Å². The molecule has 0 aliphatic carbocycles. The third-order valence-electron chi connectivity index (χ3n) is 5.49. The molecular weight excluding hydrogens is 362 g/mol. The first-order valence-corrected chi connectivity index (χ1v) is 11.1. The topological polar surface area (TPSA) is 72.1 Å². The van der Waals surface area contributed by atoms with Crippen molar-refractivity contribution < 1.29 is 18.3 Å². The van der Waals surface area contributed by atoms with Crippen LogP contribution in [0.25, 0.3) is 0 Å². The number of H-pyrrole nitrogens is 1. The molecule has 0 bridgehead atoms. The molecule has 7 nitrogen and oxygen atoms in total. The van der Waals surface area contributed by atoms with Crippen molar-refractivity contribution >= 4 is 15.8 Å². The minimum absolute atomic E-state index is 0.357. The van der Waals surface area contributed by atoms with Gasteiger partial charge in [0.05, 0.1) is 0 Å². The Morgan fingerprint density at radius 2 is 1.70 bits per heavy atom. The maximum atomic E-state index is 12.6. The lowest BCUT2D eigenvalue weighted by atomic mass is 10.2. The van der Waals surface area contributed by atoms with Crippen molar-refractivity contribution in [2.75, 3.05) is 44.2 Å². The highest BCUT2D eigenvalue weighted by Crippen LogP contribution is 2.20. The van der Waals surface area contributed by atoms with E-state index in [0.29, 0.717) is 18.0 Å². The van der Waals surface area contributed by atoms with Crippen LogP contribution in [0.1, 0.15) is 18.4 Å². The summed E-state index contributed by atoms with van der Waals surface area (Å²) in [5.41, 5.74) is 1.32. The van der Waals surface area contributed by atoms with Gasteiger partial charge >= 0.3 is 0 Å². The first kappa shape index (κ1) is 18.3. The van der Waals surface area contributed by atoms with Gasteiger partial charge in [0.25, 0.3) is 5.82 Å². The van der Waals surface area contributed by atoms with Crippen LogP contribution in [0.5, 0.6) is 0 Å². The number of pyridine rings is 2. The van der Waals surface area contributed by atoms with E-state index in [0.717, 1.165) is 51.4 Å². The molecule has 0 aromatic carbocycles. The molecule has 4 heterocycles. The van der Waals surface area contributed by atoms with Gasteiger partial charge in [0.15, 0.2) is 0 Å². The molecule has 8 heteroatoms. The van der Waals surface area contributed by atoms with E-state index < -0.39 is 10.0 Å². The third-order valence-corrected chi connectivity index (χ3v) is 7.38. The van der Waals surface area contributed by atoms with Gasteiger partial charge in [0.1, 0.15) is 43.8 Å². The molecule has 2 aliphatic heterocycles. The van der Waals surface area contributed by atoms with E-state index in [4.69, 9.17) is 0 Å². The third kappa shape index (κ3) is 4.12. The van der Waals surface area contributed by atoms with Gasteiger partial charge in [-0.1, -0.05) is 0 Å². The summed E-state index contributed by atoms with van der Waals surface area (Å²) in [5, 5.41) is 0. The number of anilines is 1. The number of piperazine rings is 1. The van der Waals surface area contributed by atoms with Crippen LogP contribution < -0.4 is 14.8 Å². The molecule has 2 aliphatic rings. The predicted octanol–water partition coefficient (Wildman–Crippen LogP) is -0.415. The van der Waals surface area contributed by atoms with Crippen molar-refractivity contribution in [2.45, 2.75) is 24.3 Å². The highest BCUT2D eigenvalue weighted by molar-refractivity contribution is 7.89. The van der Waals surface area contributed by atoms with Crippen molar-refractivity contribution in [2.24, 2.45) is 0 Å². The first-order valence-electron chi connectivity index (χ1n) is 9.62. The number of rotatable bonds is 5. The average molecular weight is 390 g/mol. The van der Waals surface area contributed by atoms with E-state index in [-0.39, 0.29) is 0 Å². The maximum Gasteiger partial charge on any atom is 0.274 e. The van der Waals surface area contributed by atoms with Gasteiger partial charge in [-0.15, -0.1) is 0 Å². The largest absolute Gasteiger partial charge is 0.325 e.